The molecule has 4 nitrogen and oxygen atoms in total. The molecule has 5 unspecified atom stereocenters. The van der Waals surface area contributed by atoms with Gasteiger partial charge in [-0.2, -0.15) is 0 Å². The van der Waals surface area contributed by atoms with Gasteiger partial charge in [0.2, 0.25) is 0 Å². The molecule has 1 aliphatic rings. The van der Waals surface area contributed by atoms with Crippen LogP contribution in [-0.2, 0) is 18.9 Å². The van der Waals surface area contributed by atoms with Crippen molar-refractivity contribution in [2.45, 2.75) is 95.6 Å². The zero-order valence-corrected chi connectivity index (χ0v) is 16.8. The molecule has 5 atom stereocenters. The molecule has 5 heteroatoms. The lowest BCUT2D eigenvalue weighted by molar-refractivity contribution is -0.234. The summed E-state index contributed by atoms with van der Waals surface area (Å²) in [5.41, 5.74) is 0. The van der Waals surface area contributed by atoms with Crippen LogP contribution in [0.3, 0.4) is 0 Å². The van der Waals surface area contributed by atoms with Crippen LogP contribution in [-0.4, -0.2) is 49.2 Å². The zero-order valence-electron chi connectivity index (χ0n) is 15.3. The van der Waals surface area contributed by atoms with Gasteiger partial charge in [-0.15, -0.1) is 0 Å². The smallest absolute Gasteiger partial charge is 0.141 e. The van der Waals surface area contributed by atoms with E-state index in [0.717, 1.165) is 58.3 Å². The lowest BCUT2D eigenvalue weighted by Crippen LogP contribution is -2.58. The number of ether oxygens (including phenoxy) is 4. The Morgan fingerprint density at radius 1 is 0.739 bits per heavy atom. The molecule has 1 saturated heterocycles. The van der Waals surface area contributed by atoms with Crippen LogP contribution in [0.15, 0.2) is 0 Å². The first-order valence-electron chi connectivity index (χ1n) is 9.29. The van der Waals surface area contributed by atoms with Crippen LogP contribution >= 0.6 is 15.9 Å². The van der Waals surface area contributed by atoms with E-state index in [2.05, 4.69) is 43.6 Å². The van der Waals surface area contributed by atoms with E-state index in [-0.39, 0.29) is 29.4 Å². The fourth-order valence-electron chi connectivity index (χ4n) is 2.64. The Labute approximate surface area is 150 Å². The highest BCUT2D eigenvalue weighted by Gasteiger charge is 2.45. The van der Waals surface area contributed by atoms with E-state index in [1.807, 2.05) is 0 Å². The number of hydrogen-bond acceptors (Lipinski definition) is 4. The Bertz CT molecular complexity index is 268. The van der Waals surface area contributed by atoms with Crippen molar-refractivity contribution in [3.05, 3.63) is 0 Å². The molecule has 0 spiro atoms. The number of hydrogen-bond donors (Lipinski definition) is 0. The van der Waals surface area contributed by atoms with Crippen molar-refractivity contribution in [1.82, 2.24) is 0 Å². The summed E-state index contributed by atoms with van der Waals surface area (Å²) >= 11 is 3.62. The fourth-order valence-corrected chi connectivity index (χ4v) is 3.44. The van der Waals surface area contributed by atoms with Crippen molar-refractivity contribution in [3.8, 4) is 0 Å². The molecular formula is C18H35BrO4. The molecule has 1 rings (SSSR count). The second-order valence-corrected chi connectivity index (χ2v) is 7.16. The minimum Gasteiger partial charge on any atom is -0.373 e. The Morgan fingerprint density at radius 2 is 1.17 bits per heavy atom. The third-order valence-electron chi connectivity index (χ3n) is 4.14. The largest absolute Gasteiger partial charge is 0.373 e. The summed E-state index contributed by atoms with van der Waals surface area (Å²) in [6.45, 7) is 10.8. The first kappa shape index (κ1) is 21.4. The summed E-state index contributed by atoms with van der Waals surface area (Å²) < 4.78 is 24.4. The lowest BCUT2D eigenvalue weighted by atomic mass is 10.00. The van der Waals surface area contributed by atoms with E-state index in [4.69, 9.17) is 18.9 Å². The zero-order chi connectivity index (χ0) is 17.1. The molecule has 0 N–H and O–H groups in total. The summed E-state index contributed by atoms with van der Waals surface area (Å²) in [6.07, 6.45) is 6.26. The average molecular weight is 395 g/mol. The van der Waals surface area contributed by atoms with Crippen LogP contribution in [0.2, 0.25) is 0 Å². The van der Waals surface area contributed by atoms with Gasteiger partial charge in [-0.05, 0) is 26.2 Å². The molecular weight excluding hydrogens is 360 g/mol. The molecule has 138 valence electrons. The SMILES string of the molecule is CCCCOC1C(C)OC(Br)C(OCCCC)C1OCCCC. The number of halogens is 1. The second kappa shape index (κ2) is 12.6. The Morgan fingerprint density at radius 3 is 1.65 bits per heavy atom. The maximum Gasteiger partial charge on any atom is 0.141 e. The molecule has 1 fully saturated rings. The van der Waals surface area contributed by atoms with Gasteiger partial charge in [0.05, 0.1) is 6.10 Å². The average Bonchev–Trinajstić information content (AvgIpc) is 2.53. The molecule has 0 amide bonds. The van der Waals surface area contributed by atoms with Crippen LogP contribution in [0.4, 0.5) is 0 Å². The van der Waals surface area contributed by atoms with Crippen LogP contribution in [0.5, 0.6) is 0 Å². The molecule has 0 saturated carbocycles. The summed E-state index contributed by atoms with van der Waals surface area (Å²) in [7, 11) is 0. The Balaban J connectivity index is 2.71. The van der Waals surface area contributed by atoms with Gasteiger partial charge in [-0.1, -0.05) is 56.0 Å². The maximum atomic E-state index is 6.19. The van der Waals surface area contributed by atoms with E-state index < -0.39 is 0 Å². The second-order valence-electron chi connectivity index (χ2n) is 6.26. The van der Waals surface area contributed by atoms with Crippen LogP contribution in [0, 0.1) is 0 Å². The van der Waals surface area contributed by atoms with E-state index in [1.165, 1.54) is 0 Å². The summed E-state index contributed by atoms with van der Waals surface area (Å²) in [5, 5.41) is -0.146. The molecule has 0 bridgehead atoms. The van der Waals surface area contributed by atoms with E-state index in [9.17, 15) is 0 Å². The first-order valence-corrected chi connectivity index (χ1v) is 10.2. The van der Waals surface area contributed by atoms with Gasteiger partial charge in [0, 0.05) is 19.8 Å². The predicted molar refractivity (Wildman–Crippen MR) is 97.2 cm³/mol. The number of unbranched alkanes of at least 4 members (excludes halogenated alkanes) is 3. The van der Waals surface area contributed by atoms with Gasteiger partial charge < -0.3 is 18.9 Å². The standard InChI is InChI=1S/C18H35BrO4/c1-5-8-11-20-15-14(4)23-18(19)17(22-13-10-7-3)16(15)21-12-9-6-2/h14-18H,5-13H2,1-4H3. The minimum absolute atomic E-state index is 0.00566. The molecule has 1 aliphatic heterocycles. The van der Waals surface area contributed by atoms with Gasteiger partial charge in [0.15, 0.2) is 0 Å². The molecule has 23 heavy (non-hydrogen) atoms. The Kier molecular flexibility index (Phi) is 11.7. The maximum absolute atomic E-state index is 6.19. The Hall–Kier alpha value is 0.320. The summed E-state index contributed by atoms with van der Waals surface area (Å²) in [5.74, 6) is 0. The monoisotopic (exact) mass is 394 g/mol. The molecule has 1 heterocycles. The van der Waals surface area contributed by atoms with E-state index in [1.54, 1.807) is 0 Å². The molecule has 0 radical (unpaired) electrons. The summed E-state index contributed by atoms with van der Waals surface area (Å²) in [6, 6.07) is 0. The van der Waals surface area contributed by atoms with Crippen molar-refractivity contribution in [3.63, 3.8) is 0 Å². The number of rotatable bonds is 12. The molecule has 0 aromatic rings. The van der Waals surface area contributed by atoms with E-state index in [0.29, 0.717) is 0 Å². The quantitative estimate of drug-likeness (QED) is 0.355. The highest BCUT2D eigenvalue weighted by molar-refractivity contribution is 9.09. The third-order valence-corrected chi connectivity index (χ3v) is 4.87. The van der Waals surface area contributed by atoms with E-state index >= 15 is 0 Å². The molecule has 0 aliphatic carbocycles. The van der Waals surface area contributed by atoms with Gasteiger partial charge in [0.1, 0.15) is 23.3 Å². The number of alkyl halides is 1. The van der Waals surface area contributed by atoms with Crippen molar-refractivity contribution in [2.75, 3.05) is 19.8 Å². The minimum atomic E-state index is -0.146. The fraction of sp³-hybridized carbons (Fsp3) is 1.00. The highest BCUT2D eigenvalue weighted by atomic mass is 79.9. The normalized spacial score (nSPS) is 31.4. The van der Waals surface area contributed by atoms with Gasteiger partial charge in [-0.3, -0.25) is 0 Å². The van der Waals surface area contributed by atoms with Crippen molar-refractivity contribution in [2.24, 2.45) is 0 Å². The van der Waals surface area contributed by atoms with Gasteiger partial charge in [-0.25, -0.2) is 0 Å². The topological polar surface area (TPSA) is 36.9 Å². The van der Waals surface area contributed by atoms with Crippen molar-refractivity contribution < 1.29 is 18.9 Å². The van der Waals surface area contributed by atoms with Crippen molar-refractivity contribution >= 4 is 15.9 Å². The van der Waals surface area contributed by atoms with Gasteiger partial charge >= 0.3 is 0 Å². The summed E-state index contributed by atoms with van der Waals surface area (Å²) in [4.78, 5) is 0. The molecule has 0 aromatic heterocycles. The third kappa shape index (κ3) is 7.39. The van der Waals surface area contributed by atoms with Crippen LogP contribution < -0.4 is 0 Å². The predicted octanol–water partition coefficient (Wildman–Crippen LogP) is 4.68. The molecule has 0 aromatic carbocycles. The van der Waals surface area contributed by atoms with Crippen LogP contribution in [0.1, 0.15) is 66.2 Å². The lowest BCUT2D eigenvalue weighted by Gasteiger charge is -2.43. The van der Waals surface area contributed by atoms with Gasteiger partial charge in [0.25, 0.3) is 0 Å². The first-order chi connectivity index (χ1) is 11.2. The van der Waals surface area contributed by atoms with Crippen LogP contribution in [0.25, 0.3) is 0 Å². The highest BCUT2D eigenvalue weighted by Crippen LogP contribution is 2.31. The van der Waals surface area contributed by atoms with Crippen molar-refractivity contribution in [1.29, 1.82) is 0 Å².